The van der Waals surface area contributed by atoms with Gasteiger partial charge >= 0.3 is 5.97 Å². The smallest absolute Gasteiger partial charge is 0.338 e. The van der Waals surface area contributed by atoms with E-state index in [4.69, 9.17) is 14.2 Å². The van der Waals surface area contributed by atoms with Crippen molar-refractivity contribution in [2.24, 2.45) is 0 Å². The molecule has 0 fully saturated rings. The maximum atomic E-state index is 12.8. The van der Waals surface area contributed by atoms with Gasteiger partial charge in [-0.15, -0.1) is 0 Å². The van der Waals surface area contributed by atoms with Crippen molar-refractivity contribution in [1.82, 2.24) is 5.32 Å². The van der Waals surface area contributed by atoms with E-state index in [1.165, 1.54) is 12.1 Å². The zero-order chi connectivity index (χ0) is 17.8. The minimum absolute atomic E-state index is 0.179. The lowest BCUT2D eigenvalue weighted by Crippen LogP contribution is -2.31. The molecule has 0 aromatic heterocycles. The molecule has 2 aromatic carbocycles. The van der Waals surface area contributed by atoms with Crippen molar-refractivity contribution in [1.29, 1.82) is 0 Å². The Morgan fingerprint density at radius 3 is 2.64 bits per heavy atom. The lowest BCUT2D eigenvalue weighted by atomic mass is 10.1. The molecular formula is C18H16FNO5. The summed E-state index contributed by atoms with van der Waals surface area (Å²) < 4.78 is 28.3. The number of hydrogen-bond donors (Lipinski definition) is 1. The Hall–Kier alpha value is -3.09. The van der Waals surface area contributed by atoms with Crippen LogP contribution in [0, 0.1) is 5.82 Å². The van der Waals surface area contributed by atoms with Crippen molar-refractivity contribution in [3.63, 3.8) is 0 Å². The highest BCUT2D eigenvalue weighted by atomic mass is 19.1. The molecule has 1 unspecified atom stereocenters. The monoisotopic (exact) mass is 345 g/mol. The molecule has 0 aliphatic carbocycles. The molecular weight excluding hydrogens is 329 g/mol. The van der Waals surface area contributed by atoms with Gasteiger partial charge in [0.15, 0.2) is 18.1 Å². The number of carbonyl (C=O) groups is 2. The van der Waals surface area contributed by atoms with Crippen LogP contribution in [0.4, 0.5) is 4.39 Å². The van der Waals surface area contributed by atoms with E-state index in [9.17, 15) is 14.0 Å². The molecule has 1 heterocycles. The summed E-state index contributed by atoms with van der Waals surface area (Å²) in [4.78, 5) is 23.7. The minimum atomic E-state index is -0.689. The fraction of sp³-hybridized carbons (Fsp3) is 0.222. The maximum absolute atomic E-state index is 12.8. The van der Waals surface area contributed by atoms with Gasteiger partial charge in [0.25, 0.3) is 5.91 Å². The van der Waals surface area contributed by atoms with Gasteiger partial charge in [-0.2, -0.15) is 0 Å². The molecule has 25 heavy (non-hydrogen) atoms. The Morgan fingerprint density at radius 2 is 1.88 bits per heavy atom. The molecule has 1 aliphatic heterocycles. The first-order chi connectivity index (χ1) is 12.0. The Balaban J connectivity index is 1.52. The third-order valence-electron chi connectivity index (χ3n) is 3.69. The summed E-state index contributed by atoms with van der Waals surface area (Å²) in [7, 11) is 0. The summed E-state index contributed by atoms with van der Waals surface area (Å²) in [5, 5.41) is 2.73. The molecule has 0 bridgehead atoms. The highest BCUT2D eigenvalue weighted by Crippen LogP contribution is 2.34. The van der Waals surface area contributed by atoms with Crippen LogP contribution >= 0.6 is 0 Å². The first kappa shape index (κ1) is 16.8. The summed E-state index contributed by atoms with van der Waals surface area (Å²) in [5.74, 6) is -0.296. The number of carbonyl (C=O) groups excluding carboxylic acids is 2. The molecule has 130 valence electrons. The molecule has 6 nitrogen and oxygen atoms in total. The summed E-state index contributed by atoms with van der Waals surface area (Å²) in [6, 6.07) is 9.98. The summed E-state index contributed by atoms with van der Waals surface area (Å²) in [6.07, 6.45) is 0. The van der Waals surface area contributed by atoms with Gasteiger partial charge < -0.3 is 19.5 Å². The van der Waals surface area contributed by atoms with Gasteiger partial charge in [-0.3, -0.25) is 4.79 Å². The highest BCUT2D eigenvalue weighted by Gasteiger charge is 2.17. The third-order valence-corrected chi connectivity index (χ3v) is 3.69. The van der Waals surface area contributed by atoms with Crippen LogP contribution in [0.2, 0.25) is 0 Å². The van der Waals surface area contributed by atoms with Crippen LogP contribution < -0.4 is 14.8 Å². The zero-order valence-corrected chi connectivity index (χ0v) is 13.5. The third kappa shape index (κ3) is 4.06. The van der Waals surface area contributed by atoms with Crippen LogP contribution in [-0.2, 0) is 9.53 Å². The second-order valence-corrected chi connectivity index (χ2v) is 5.48. The number of fused-ring (bicyclic) bond motifs is 1. The minimum Gasteiger partial charge on any atom is -0.454 e. The number of benzene rings is 2. The standard InChI is InChI=1S/C18H16FNO5/c1-11(13-4-7-15-16(8-13)25-10-24-15)20-17(21)9-23-18(22)12-2-5-14(19)6-3-12/h2-8,11H,9-10H2,1H3,(H,20,21). The number of hydrogen-bond acceptors (Lipinski definition) is 5. The van der Waals surface area contributed by atoms with E-state index < -0.39 is 24.3 Å². The van der Waals surface area contributed by atoms with Crippen molar-refractivity contribution >= 4 is 11.9 Å². The molecule has 1 N–H and O–H groups in total. The summed E-state index contributed by atoms with van der Waals surface area (Å²) >= 11 is 0. The molecule has 0 saturated heterocycles. The van der Waals surface area contributed by atoms with Crippen molar-refractivity contribution in [2.75, 3.05) is 13.4 Å². The van der Waals surface area contributed by atoms with E-state index >= 15 is 0 Å². The Labute approximate surface area is 143 Å². The molecule has 1 atom stereocenters. The van der Waals surface area contributed by atoms with Gasteiger partial charge in [0, 0.05) is 0 Å². The SMILES string of the molecule is CC(NC(=O)COC(=O)c1ccc(F)cc1)c1ccc2c(c1)OCO2. The predicted octanol–water partition coefficient (Wildman–Crippen LogP) is 2.59. The van der Waals surface area contributed by atoms with E-state index in [0.717, 1.165) is 17.7 Å². The van der Waals surface area contributed by atoms with Gasteiger partial charge in [-0.05, 0) is 48.9 Å². The zero-order valence-electron chi connectivity index (χ0n) is 13.5. The van der Waals surface area contributed by atoms with Crippen molar-refractivity contribution in [3.05, 3.63) is 59.4 Å². The number of nitrogens with one attached hydrogen (secondary N) is 1. The second kappa shape index (κ2) is 7.21. The van der Waals surface area contributed by atoms with Gasteiger partial charge in [-0.25, -0.2) is 9.18 Å². The van der Waals surface area contributed by atoms with E-state index in [2.05, 4.69) is 5.32 Å². The summed E-state index contributed by atoms with van der Waals surface area (Å²) in [5.41, 5.74) is 1.01. The second-order valence-electron chi connectivity index (χ2n) is 5.48. The van der Waals surface area contributed by atoms with Gasteiger partial charge in [-0.1, -0.05) is 6.07 Å². The quantitative estimate of drug-likeness (QED) is 0.843. The molecule has 1 aliphatic rings. The average molecular weight is 345 g/mol. The molecule has 0 radical (unpaired) electrons. The molecule has 0 spiro atoms. The van der Waals surface area contributed by atoms with E-state index in [0.29, 0.717) is 11.5 Å². The largest absolute Gasteiger partial charge is 0.454 e. The topological polar surface area (TPSA) is 73.9 Å². The van der Waals surface area contributed by atoms with Crippen molar-refractivity contribution < 1.29 is 28.2 Å². The molecule has 2 aromatic rings. The van der Waals surface area contributed by atoms with Gasteiger partial charge in [0.1, 0.15) is 5.82 Å². The summed E-state index contributed by atoms with van der Waals surface area (Å²) in [6.45, 7) is 1.56. The lowest BCUT2D eigenvalue weighted by molar-refractivity contribution is -0.124. The Morgan fingerprint density at radius 1 is 1.16 bits per heavy atom. The number of esters is 1. The van der Waals surface area contributed by atoms with Crippen LogP contribution in [0.3, 0.4) is 0 Å². The van der Waals surface area contributed by atoms with E-state index in [1.807, 2.05) is 6.07 Å². The first-order valence-corrected chi connectivity index (χ1v) is 7.64. The molecule has 7 heteroatoms. The first-order valence-electron chi connectivity index (χ1n) is 7.64. The fourth-order valence-electron chi connectivity index (χ4n) is 2.35. The van der Waals surface area contributed by atoms with Gasteiger partial charge in [0.2, 0.25) is 6.79 Å². The fourth-order valence-corrected chi connectivity index (χ4v) is 2.35. The lowest BCUT2D eigenvalue weighted by Gasteiger charge is -2.15. The highest BCUT2D eigenvalue weighted by molar-refractivity contribution is 5.91. The maximum Gasteiger partial charge on any atom is 0.338 e. The van der Waals surface area contributed by atoms with Crippen LogP contribution in [0.15, 0.2) is 42.5 Å². The Bertz CT molecular complexity index is 791. The van der Waals surface area contributed by atoms with E-state index in [1.54, 1.807) is 19.1 Å². The van der Waals surface area contributed by atoms with Crippen LogP contribution in [-0.4, -0.2) is 25.3 Å². The van der Waals surface area contributed by atoms with Crippen molar-refractivity contribution in [3.8, 4) is 11.5 Å². The number of amides is 1. The van der Waals surface area contributed by atoms with Crippen molar-refractivity contribution in [2.45, 2.75) is 13.0 Å². The van der Waals surface area contributed by atoms with Gasteiger partial charge in [0.05, 0.1) is 11.6 Å². The molecule has 3 rings (SSSR count). The van der Waals surface area contributed by atoms with Crippen LogP contribution in [0.1, 0.15) is 28.9 Å². The van der Waals surface area contributed by atoms with E-state index in [-0.39, 0.29) is 18.4 Å². The normalized spacial score (nSPS) is 13.2. The van der Waals surface area contributed by atoms with Crippen LogP contribution in [0.25, 0.3) is 0 Å². The number of halogens is 1. The number of rotatable bonds is 5. The Kier molecular flexibility index (Phi) is 4.83. The average Bonchev–Trinajstić information content (AvgIpc) is 3.08. The predicted molar refractivity (Wildman–Crippen MR) is 85.8 cm³/mol. The number of ether oxygens (including phenoxy) is 3. The molecule has 0 saturated carbocycles. The van der Waals surface area contributed by atoms with Crippen LogP contribution in [0.5, 0.6) is 11.5 Å². The molecule has 1 amide bonds.